The summed E-state index contributed by atoms with van der Waals surface area (Å²) >= 11 is 0. The molecule has 0 unspecified atom stereocenters. The summed E-state index contributed by atoms with van der Waals surface area (Å²) in [5, 5.41) is 0. The number of methoxy groups -OCH3 is 2. The molecular weight excluding hydrogens is 204 g/mol. The average molecular weight is 220 g/mol. The van der Waals surface area contributed by atoms with Crippen molar-refractivity contribution < 1.29 is 14.3 Å². The largest absolute Gasteiger partial charge is 0.497 e. The molecule has 1 fully saturated rings. The summed E-state index contributed by atoms with van der Waals surface area (Å²) in [5.41, 5.74) is 0.864. The Kier molecular flexibility index (Phi) is 2.86. The topological polar surface area (TPSA) is 35.5 Å². The highest BCUT2D eigenvalue weighted by atomic mass is 16.5. The fraction of sp³-hybridized carbons (Fsp3) is 0.462. The van der Waals surface area contributed by atoms with Gasteiger partial charge in [-0.15, -0.1) is 0 Å². The molecule has 0 amide bonds. The molecule has 0 N–H and O–H groups in total. The third-order valence-electron chi connectivity index (χ3n) is 3.15. The van der Waals surface area contributed by atoms with Crippen molar-refractivity contribution in [1.29, 1.82) is 0 Å². The van der Waals surface area contributed by atoms with Gasteiger partial charge in [0.15, 0.2) is 0 Å². The minimum absolute atomic E-state index is 0.0877. The van der Waals surface area contributed by atoms with Gasteiger partial charge >= 0.3 is 5.97 Å². The molecule has 0 aromatic heterocycles. The summed E-state index contributed by atoms with van der Waals surface area (Å²) in [4.78, 5) is 11.6. The summed E-state index contributed by atoms with van der Waals surface area (Å²) in [6.07, 6.45) is 2.60. The average Bonchev–Trinajstić information content (AvgIpc) is 3.09. The zero-order valence-corrected chi connectivity index (χ0v) is 9.66. The van der Waals surface area contributed by atoms with E-state index in [4.69, 9.17) is 9.47 Å². The van der Waals surface area contributed by atoms with Gasteiger partial charge in [-0.05, 0) is 37.0 Å². The summed E-state index contributed by atoms with van der Waals surface area (Å²) in [6, 6.07) is 7.84. The van der Waals surface area contributed by atoms with Crippen LogP contribution in [0.1, 0.15) is 18.4 Å². The van der Waals surface area contributed by atoms with E-state index in [-0.39, 0.29) is 11.4 Å². The predicted octanol–water partition coefficient (Wildman–Crippen LogP) is 2.19. The number of carbonyl (C=O) groups is 1. The van der Waals surface area contributed by atoms with Gasteiger partial charge in [0, 0.05) is 0 Å². The molecule has 3 heteroatoms. The molecule has 1 saturated carbocycles. The van der Waals surface area contributed by atoms with E-state index in [0.717, 1.165) is 30.6 Å². The first kappa shape index (κ1) is 11.0. The second-order valence-electron chi connectivity index (χ2n) is 4.30. The molecule has 1 aliphatic rings. The number of esters is 1. The fourth-order valence-electron chi connectivity index (χ4n) is 1.99. The van der Waals surface area contributed by atoms with Gasteiger partial charge in [0.05, 0.1) is 19.6 Å². The van der Waals surface area contributed by atoms with E-state index in [2.05, 4.69) is 0 Å². The van der Waals surface area contributed by atoms with Crippen LogP contribution in [0.2, 0.25) is 0 Å². The Hall–Kier alpha value is -1.51. The van der Waals surface area contributed by atoms with E-state index in [1.54, 1.807) is 7.11 Å². The van der Waals surface area contributed by atoms with Crippen molar-refractivity contribution in [2.45, 2.75) is 19.3 Å². The van der Waals surface area contributed by atoms with Crippen LogP contribution in [0.15, 0.2) is 24.3 Å². The molecule has 0 heterocycles. The number of benzene rings is 1. The lowest BCUT2D eigenvalue weighted by atomic mass is 9.96. The van der Waals surface area contributed by atoms with Crippen LogP contribution in [-0.2, 0) is 16.0 Å². The van der Waals surface area contributed by atoms with Gasteiger partial charge in [-0.2, -0.15) is 0 Å². The third-order valence-corrected chi connectivity index (χ3v) is 3.15. The lowest BCUT2D eigenvalue weighted by molar-refractivity contribution is -0.147. The predicted molar refractivity (Wildman–Crippen MR) is 60.4 cm³/mol. The summed E-state index contributed by atoms with van der Waals surface area (Å²) < 4.78 is 10.00. The Morgan fingerprint density at radius 1 is 1.38 bits per heavy atom. The number of hydrogen-bond acceptors (Lipinski definition) is 3. The summed E-state index contributed by atoms with van der Waals surface area (Å²) in [5.74, 6) is 0.744. The standard InChI is InChI=1S/C13H16O3/c1-15-11-5-3-4-10(8-11)9-13(6-7-13)12(14)16-2/h3-5,8H,6-7,9H2,1-2H3. The third kappa shape index (κ3) is 2.03. The van der Waals surface area contributed by atoms with Crippen LogP contribution in [0.3, 0.4) is 0 Å². The highest BCUT2D eigenvalue weighted by Crippen LogP contribution is 2.49. The summed E-state index contributed by atoms with van der Waals surface area (Å²) in [6.45, 7) is 0. The van der Waals surface area contributed by atoms with Crippen LogP contribution in [0.5, 0.6) is 5.75 Å². The van der Waals surface area contributed by atoms with E-state index in [1.807, 2.05) is 24.3 Å². The molecule has 86 valence electrons. The van der Waals surface area contributed by atoms with E-state index < -0.39 is 0 Å². The Bertz CT molecular complexity index is 394. The maximum absolute atomic E-state index is 11.6. The normalized spacial score (nSPS) is 16.6. The number of ether oxygens (including phenoxy) is 2. The van der Waals surface area contributed by atoms with Gasteiger partial charge in [-0.1, -0.05) is 12.1 Å². The molecule has 16 heavy (non-hydrogen) atoms. The van der Waals surface area contributed by atoms with Crippen molar-refractivity contribution in [3.05, 3.63) is 29.8 Å². The number of hydrogen-bond donors (Lipinski definition) is 0. The molecule has 1 aromatic rings. The van der Waals surface area contributed by atoms with Gasteiger partial charge in [0.2, 0.25) is 0 Å². The molecule has 0 saturated heterocycles. The SMILES string of the molecule is COC(=O)C1(Cc2cccc(OC)c2)CC1. The first-order valence-electron chi connectivity index (χ1n) is 5.41. The smallest absolute Gasteiger partial charge is 0.312 e. The molecule has 1 aromatic carbocycles. The van der Waals surface area contributed by atoms with Gasteiger partial charge in [0.25, 0.3) is 0 Å². The zero-order chi connectivity index (χ0) is 11.6. The first-order chi connectivity index (χ1) is 7.70. The van der Waals surface area contributed by atoms with Crippen LogP contribution in [-0.4, -0.2) is 20.2 Å². The van der Waals surface area contributed by atoms with Crippen molar-refractivity contribution in [2.24, 2.45) is 5.41 Å². The maximum atomic E-state index is 11.6. The maximum Gasteiger partial charge on any atom is 0.312 e. The molecular formula is C13H16O3. The molecule has 1 aliphatic carbocycles. The number of rotatable bonds is 4. The Balaban J connectivity index is 2.12. The molecule has 3 nitrogen and oxygen atoms in total. The first-order valence-corrected chi connectivity index (χ1v) is 5.41. The quantitative estimate of drug-likeness (QED) is 0.730. The monoisotopic (exact) mass is 220 g/mol. The Labute approximate surface area is 95.4 Å². The van der Waals surface area contributed by atoms with Crippen LogP contribution < -0.4 is 4.74 Å². The molecule has 0 aliphatic heterocycles. The van der Waals surface area contributed by atoms with Crippen LogP contribution in [0.25, 0.3) is 0 Å². The minimum Gasteiger partial charge on any atom is -0.497 e. The second-order valence-corrected chi connectivity index (χ2v) is 4.30. The van der Waals surface area contributed by atoms with Crippen molar-refractivity contribution in [1.82, 2.24) is 0 Å². The van der Waals surface area contributed by atoms with Crippen molar-refractivity contribution in [3.8, 4) is 5.75 Å². The van der Waals surface area contributed by atoms with Crippen LogP contribution in [0, 0.1) is 5.41 Å². The fourth-order valence-corrected chi connectivity index (χ4v) is 1.99. The zero-order valence-electron chi connectivity index (χ0n) is 9.66. The Morgan fingerprint density at radius 3 is 2.69 bits per heavy atom. The van der Waals surface area contributed by atoms with Crippen LogP contribution in [0.4, 0.5) is 0 Å². The molecule has 0 bridgehead atoms. The van der Waals surface area contributed by atoms with E-state index >= 15 is 0 Å². The second kappa shape index (κ2) is 4.16. The molecule has 0 atom stereocenters. The molecule has 2 rings (SSSR count). The summed E-state index contributed by atoms with van der Waals surface area (Å²) in [7, 11) is 3.10. The van der Waals surface area contributed by atoms with E-state index in [1.165, 1.54) is 7.11 Å². The molecule has 0 radical (unpaired) electrons. The van der Waals surface area contributed by atoms with Crippen LogP contribution >= 0.6 is 0 Å². The lowest BCUT2D eigenvalue weighted by Crippen LogP contribution is -2.19. The van der Waals surface area contributed by atoms with E-state index in [0.29, 0.717) is 0 Å². The van der Waals surface area contributed by atoms with Crippen molar-refractivity contribution in [3.63, 3.8) is 0 Å². The lowest BCUT2D eigenvalue weighted by Gasteiger charge is -2.12. The van der Waals surface area contributed by atoms with Gasteiger partial charge in [-0.25, -0.2) is 0 Å². The van der Waals surface area contributed by atoms with Gasteiger partial charge < -0.3 is 9.47 Å². The highest BCUT2D eigenvalue weighted by Gasteiger charge is 2.50. The van der Waals surface area contributed by atoms with Crippen molar-refractivity contribution in [2.75, 3.05) is 14.2 Å². The number of carbonyl (C=O) groups excluding carboxylic acids is 1. The molecule has 0 spiro atoms. The Morgan fingerprint density at radius 2 is 2.12 bits per heavy atom. The van der Waals surface area contributed by atoms with Gasteiger partial charge in [0.1, 0.15) is 5.75 Å². The van der Waals surface area contributed by atoms with E-state index in [9.17, 15) is 4.79 Å². The van der Waals surface area contributed by atoms with Crippen molar-refractivity contribution >= 4 is 5.97 Å². The minimum atomic E-state index is -0.263. The van der Waals surface area contributed by atoms with Gasteiger partial charge in [-0.3, -0.25) is 4.79 Å². The highest BCUT2D eigenvalue weighted by molar-refractivity contribution is 5.80.